The zero-order valence-electron chi connectivity index (χ0n) is 8.04. The van der Waals surface area contributed by atoms with E-state index in [4.69, 9.17) is 11.6 Å². The highest BCUT2D eigenvalue weighted by atomic mass is 35.5. The molecule has 1 aromatic rings. The second kappa shape index (κ2) is 3.90. The number of carbonyl (C=O) groups is 1. The van der Waals surface area contributed by atoms with Gasteiger partial charge in [-0.05, 0) is 36.2 Å². The van der Waals surface area contributed by atoms with Crippen LogP contribution in [0, 0.1) is 12.7 Å². The number of hydrogen-bond acceptors (Lipinski definition) is 3. The molecule has 0 amide bonds. The van der Waals surface area contributed by atoms with Gasteiger partial charge in [0.25, 0.3) is 5.24 Å². The van der Waals surface area contributed by atoms with Crippen LogP contribution in [0.4, 0.5) is 4.39 Å². The summed E-state index contributed by atoms with van der Waals surface area (Å²) in [5, 5.41) is -0.808. The lowest BCUT2D eigenvalue weighted by molar-refractivity contribution is 0.108. The molecule has 3 nitrogen and oxygen atoms in total. The Morgan fingerprint density at radius 2 is 1.93 bits per heavy atom. The number of hydrogen-bond donors (Lipinski definition) is 0. The van der Waals surface area contributed by atoms with E-state index in [0.29, 0.717) is 5.56 Å². The molecule has 0 fully saturated rings. The summed E-state index contributed by atoms with van der Waals surface area (Å²) >= 11 is 5.23. The van der Waals surface area contributed by atoms with E-state index < -0.39 is 25.8 Å². The molecular weight excluding hydrogens is 243 g/mol. The molecule has 0 atom stereocenters. The molecule has 1 rings (SSSR count). The molecule has 6 heteroatoms. The summed E-state index contributed by atoms with van der Waals surface area (Å²) in [6, 6.07) is 1.93. The summed E-state index contributed by atoms with van der Waals surface area (Å²) in [6.07, 6.45) is 0.864. The van der Waals surface area contributed by atoms with Gasteiger partial charge in [0.1, 0.15) is 10.7 Å². The van der Waals surface area contributed by atoms with E-state index in [2.05, 4.69) is 0 Å². The van der Waals surface area contributed by atoms with Gasteiger partial charge in [0, 0.05) is 11.8 Å². The maximum absolute atomic E-state index is 13.3. The third-order valence-electron chi connectivity index (χ3n) is 1.89. The number of benzene rings is 1. The average Bonchev–Trinajstić information content (AvgIpc) is 2.00. The zero-order valence-corrected chi connectivity index (χ0v) is 9.62. The van der Waals surface area contributed by atoms with Crippen molar-refractivity contribution in [3.05, 3.63) is 29.1 Å². The van der Waals surface area contributed by atoms with Crippen molar-refractivity contribution >= 4 is 26.7 Å². The number of halogens is 2. The van der Waals surface area contributed by atoms with Gasteiger partial charge in [-0.15, -0.1) is 0 Å². The molecule has 1 aromatic carbocycles. The third-order valence-corrected chi connectivity index (χ3v) is 3.21. The van der Waals surface area contributed by atoms with Crippen molar-refractivity contribution in [2.75, 3.05) is 6.26 Å². The lowest BCUT2D eigenvalue weighted by Gasteiger charge is -2.05. The van der Waals surface area contributed by atoms with Gasteiger partial charge in [-0.25, -0.2) is 12.8 Å². The van der Waals surface area contributed by atoms with Gasteiger partial charge < -0.3 is 0 Å². The quantitative estimate of drug-likeness (QED) is 0.754. The van der Waals surface area contributed by atoms with Crippen molar-refractivity contribution in [3.8, 4) is 0 Å². The molecule has 82 valence electrons. The first-order valence-corrected chi connectivity index (χ1v) is 6.20. The fourth-order valence-corrected chi connectivity index (χ4v) is 2.10. The molecule has 0 aromatic heterocycles. The van der Waals surface area contributed by atoms with Crippen molar-refractivity contribution in [1.29, 1.82) is 0 Å². The Morgan fingerprint density at radius 3 is 2.33 bits per heavy atom. The van der Waals surface area contributed by atoms with Crippen LogP contribution in [-0.2, 0) is 9.84 Å². The first kappa shape index (κ1) is 12.1. The molecule has 0 saturated heterocycles. The summed E-state index contributed by atoms with van der Waals surface area (Å²) in [6.45, 7) is 1.48. The molecular formula is C9H8ClFO3S. The summed E-state index contributed by atoms with van der Waals surface area (Å²) < 4.78 is 35.5. The van der Waals surface area contributed by atoms with Crippen LogP contribution in [0.2, 0.25) is 0 Å². The summed E-state index contributed by atoms with van der Waals surface area (Å²) in [5.74, 6) is -0.878. The molecule has 0 aliphatic rings. The van der Waals surface area contributed by atoms with Gasteiger partial charge in [-0.1, -0.05) is 0 Å². The van der Waals surface area contributed by atoms with Crippen molar-refractivity contribution in [3.63, 3.8) is 0 Å². The first-order valence-electron chi connectivity index (χ1n) is 3.93. The number of aryl methyl sites for hydroxylation is 1. The molecule has 0 unspecified atom stereocenters. The van der Waals surface area contributed by atoms with E-state index >= 15 is 0 Å². The lowest BCUT2D eigenvalue weighted by atomic mass is 10.1. The molecule has 0 saturated carbocycles. The highest BCUT2D eigenvalue weighted by Crippen LogP contribution is 2.21. The highest BCUT2D eigenvalue weighted by Gasteiger charge is 2.18. The maximum atomic E-state index is 13.3. The predicted octanol–water partition coefficient (Wildman–Crippen LogP) is 1.92. The van der Waals surface area contributed by atoms with Crippen LogP contribution < -0.4 is 0 Å². The van der Waals surface area contributed by atoms with Crippen LogP contribution in [0.1, 0.15) is 15.9 Å². The maximum Gasteiger partial charge on any atom is 0.252 e. The smallest absolute Gasteiger partial charge is 0.252 e. The van der Waals surface area contributed by atoms with Crippen LogP contribution >= 0.6 is 11.6 Å². The van der Waals surface area contributed by atoms with Crippen molar-refractivity contribution < 1.29 is 17.6 Å². The lowest BCUT2D eigenvalue weighted by Crippen LogP contribution is -2.05. The normalized spacial score (nSPS) is 11.5. The Labute approximate surface area is 91.8 Å². The largest absolute Gasteiger partial charge is 0.276 e. The molecule has 0 aliphatic heterocycles. The van der Waals surface area contributed by atoms with Crippen LogP contribution in [-0.4, -0.2) is 19.9 Å². The van der Waals surface area contributed by atoms with Gasteiger partial charge in [0.05, 0.1) is 0 Å². The molecule has 0 bridgehead atoms. The van der Waals surface area contributed by atoms with Gasteiger partial charge >= 0.3 is 0 Å². The molecule has 0 heterocycles. The molecule has 0 spiro atoms. The Hall–Kier alpha value is -0.940. The molecule has 0 N–H and O–H groups in total. The topological polar surface area (TPSA) is 51.2 Å². The number of carbonyl (C=O) groups excluding carboxylic acids is 1. The Balaban J connectivity index is 3.58. The van der Waals surface area contributed by atoms with E-state index in [0.717, 1.165) is 18.4 Å². The van der Waals surface area contributed by atoms with E-state index in [1.165, 1.54) is 6.92 Å². The van der Waals surface area contributed by atoms with Crippen LogP contribution in [0.15, 0.2) is 17.0 Å². The van der Waals surface area contributed by atoms with E-state index in [9.17, 15) is 17.6 Å². The minimum atomic E-state index is -3.69. The second-order valence-corrected chi connectivity index (χ2v) is 5.47. The van der Waals surface area contributed by atoms with Crippen molar-refractivity contribution in [2.24, 2.45) is 0 Å². The number of rotatable bonds is 2. The van der Waals surface area contributed by atoms with E-state index in [1.807, 2.05) is 0 Å². The Bertz CT molecular complexity index is 522. The van der Waals surface area contributed by atoms with E-state index in [1.54, 1.807) is 0 Å². The van der Waals surface area contributed by atoms with E-state index in [-0.39, 0.29) is 5.56 Å². The van der Waals surface area contributed by atoms with Gasteiger partial charge in [0.15, 0.2) is 9.84 Å². The van der Waals surface area contributed by atoms with Crippen molar-refractivity contribution in [2.45, 2.75) is 11.8 Å². The van der Waals surface area contributed by atoms with Crippen molar-refractivity contribution in [1.82, 2.24) is 0 Å². The third kappa shape index (κ3) is 2.54. The Morgan fingerprint density at radius 1 is 1.40 bits per heavy atom. The summed E-state index contributed by atoms with van der Waals surface area (Å²) in [4.78, 5) is 10.4. The van der Waals surface area contributed by atoms with Crippen LogP contribution in [0.3, 0.4) is 0 Å². The standard InChI is InChI=1S/C9H8ClFO3S/c1-5-3-7(11)8(15(2,13)14)4-6(5)9(10)12/h3-4H,1-2H3. The van der Waals surface area contributed by atoms with Gasteiger partial charge in [-0.3, -0.25) is 4.79 Å². The van der Waals surface area contributed by atoms with Gasteiger partial charge in [-0.2, -0.15) is 0 Å². The minimum Gasteiger partial charge on any atom is -0.276 e. The molecule has 0 radical (unpaired) electrons. The van der Waals surface area contributed by atoms with Gasteiger partial charge in [0.2, 0.25) is 0 Å². The second-order valence-electron chi connectivity index (χ2n) is 3.14. The zero-order chi connectivity index (χ0) is 11.8. The fourth-order valence-electron chi connectivity index (χ4n) is 1.15. The fraction of sp³-hybridized carbons (Fsp3) is 0.222. The number of sulfone groups is 1. The van der Waals surface area contributed by atoms with Crippen LogP contribution in [0.25, 0.3) is 0 Å². The predicted molar refractivity (Wildman–Crippen MR) is 54.4 cm³/mol. The summed E-state index contributed by atoms with van der Waals surface area (Å²) in [7, 11) is -3.69. The van der Waals surface area contributed by atoms with Crippen LogP contribution in [0.5, 0.6) is 0 Å². The monoisotopic (exact) mass is 250 g/mol. The summed E-state index contributed by atoms with van der Waals surface area (Å²) in [5.41, 5.74) is 0.304. The molecule has 15 heavy (non-hydrogen) atoms. The Kier molecular flexibility index (Phi) is 3.16. The SMILES string of the molecule is Cc1cc(F)c(S(C)(=O)=O)cc1C(=O)Cl. The average molecular weight is 251 g/mol. The molecule has 0 aliphatic carbocycles. The minimum absolute atomic E-state index is 0.00140. The highest BCUT2D eigenvalue weighted by molar-refractivity contribution is 7.90. The first-order chi connectivity index (χ1) is 6.73.